The number of nitrogens with zero attached hydrogens (tertiary/aromatic N) is 3. The largest absolute Gasteiger partial charge is 0.311 e. The highest BCUT2D eigenvalue weighted by atomic mass is 32.2. The SMILES string of the molecule is CC(CNCc1cccs1)Sc1nnc2ccccn12. The Morgan fingerprint density at radius 2 is 2.25 bits per heavy atom. The van der Waals surface area contributed by atoms with E-state index in [9.17, 15) is 0 Å². The quantitative estimate of drug-likeness (QED) is 0.711. The average Bonchev–Trinajstić information content (AvgIpc) is 3.09. The summed E-state index contributed by atoms with van der Waals surface area (Å²) in [7, 11) is 0. The number of nitrogens with one attached hydrogen (secondary N) is 1. The Hall–Kier alpha value is -1.37. The molecule has 3 aromatic heterocycles. The van der Waals surface area contributed by atoms with Crippen LogP contribution in [0, 0.1) is 0 Å². The van der Waals surface area contributed by atoms with Gasteiger partial charge >= 0.3 is 0 Å². The summed E-state index contributed by atoms with van der Waals surface area (Å²) < 4.78 is 2.03. The number of hydrogen-bond donors (Lipinski definition) is 1. The molecule has 0 bridgehead atoms. The molecule has 0 saturated carbocycles. The van der Waals surface area contributed by atoms with E-state index in [1.165, 1.54) is 4.88 Å². The second kappa shape index (κ2) is 6.39. The predicted molar refractivity (Wildman–Crippen MR) is 84.3 cm³/mol. The lowest BCUT2D eigenvalue weighted by Crippen LogP contribution is -2.22. The van der Waals surface area contributed by atoms with Crippen LogP contribution in [0.25, 0.3) is 5.65 Å². The van der Waals surface area contributed by atoms with E-state index in [0.29, 0.717) is 5.25 Å². The Morgan fingerprint density at radius 3 is 3.10 bits per heavy atom. The van der Waals surface area contributed by atoms with Crippen LogP contribution in [0.15, 0.2) is 47.1 Å². The van der Waals surface area contributed by atoms with Crippen molar-refractivity contribution in [3.05, 3.63) is 46.8 Å². The third kappa shape index (κ3) is 3.20. The molecular weight excluding hydrogens is 288 g/mol. The first-order valence-corrected chi connectivity index (χ1v) is 8.28. The summed E-state index contributed by atoms with van der Waals surface area (Å²) in [6.07, 6.45) is 2.00. The van der Waals surface area contributed by atoms with Crippen LogP contribution in [0.5, 0.6) is 0 Å². The summed E-state index contributed by atoms with van der Waals surface area (Å²) in [5.41, 5.74) is 0.897. The van der Waals surface area contributed by atoms with Crippen molar-refractivity contribution in [2.75, 3.05) is 6.54 Å². The molecule has 3 heterocycles. The number of hydrogen-bond acceptors (Lipinski definition) is 5. The van der Waals surface area contributed by atoms with Crippen molar-refractivity contribution >= 4 is 28.7 Å². The average molecular weight is 304 g/mol. The first-order chi connectivity index (χ1) is 9.83. The lowest BCUT2D eigenvalue weighted by atomic mass is 10.4. The van der Waals surface area contributed by atoms with Gasteiger partial charge in [-0.25, -0.2) is 0 Å². The number of thiophene rings is 1. The minimum absolute atomic E-state index is 0.447. The smallest absolute Gasteiger partial charge is 0.195 e. The lowest BCUT2D eigenvalue weighted by Gasteiger charge is -2.10. The maximum atomic E-state index is 4.24. The third-order valence-electron chi connectivity index (χ3n) is 2.90. The Morgan fingerprint density at radius 1 is 1.30 bits per heavy atom. The van der Waals surface area contributed by atoms with Crippen molar-refractivity contribution < 1.29 is 0 Å². The third-order valence-corrected chi connectivity index (χ3v) is 4.83. The van der Waals surface area contributed by atoms with E-state index in [-0.39, 0.29) is 0 Å². The molecule has 1 N–H and O–H groups in total. The topological polar surface area (TPSA) is 42.2 Å². The molecule has 3 aromatic rings. The monoisotopic (exact) mass is 304 g/mol. The summed E-state index contributed by atoms with van der Waals surface area (Å²) in [5.74, 6) is 0. The molecule has 1 unspecified atom stereocenters. The van der Waals surface area contributed by atoms with Gasteiger partial charge in [-0.05, 0) is 23.6 Å². The van der Waals surface area contributed by atoms with Gasteiger partial charge in [-0.2, -0.15) is 0 Å². The molecule has 0 aromatic carbocycles. The van der Waals surface area contributed by atoms with Gasteiger partial charge in [-0.3, -0.25) is 4.40 Å². The Bertz CT molecular complexity index is 663. The number of pyridine rings is 1. The van der Waals surface area contributed by atoms with E-state index in [1.807, 2.05) is 28.8 Å². The molecule has 1 atom stereocenters. The zero-order valence-corrected chi connectivity index (χ0v) is 12.8. The van der Waals surface area contributed by atoms with E-state index in [4.69, 9.17) is 0 Å². The molecule has 0 aliphatic rings. The van der Waals surface area contributed by atoms with Crippen LogP contribution in [0.4, 0.5) is 0 Å². The molecule has 0 radical (unpaired) electrons. The Labute approximate surface area is 126 Å². The van der Waals surface area contributed by atoms with E-state index in [0.717, 1.165) is 23.9 Å². The Balaban J connectivity index is 1.54. The van der Waals surface area contributed by atoms with Crippen LogP contribution >= 0.6 is 23.1 Å². The van der Waals surface area contributed by atoms with Gasteiger partial charge in [0, 0.05) is 29.4 Å². The predicted octanol–water partition coefficient (Wildman–Crippen LogP) is 3.06. The van der Waals surface area contributed by atoms with Crippen molar-refractivity contribution in [1.82, 2.24) is 19.9 Å². The summed E-state index contributed by atoms with van der Waals surface area (Å²) >= 11 is 3.53. The van der Waals surface area contributed by atoms with E-state index in [1.54, 1.807) is 23.1 Å². The standard InChI is InChI=1S/C14H16N4S2/c1-11(9-15-10-12-5-4-8-19-12)20-14-17-16-13-6-2-3-7-18(13)14/h2-8,11,15H,9-10H2,1H3. The minimum Gasteiger partial charge on any atom is -0.311 e. The normalized spacial score (nSPS) is 12.8. The number of aromatic nitrogens is 3. The van der Waals surface area contributed by atoms with Crippen LogP contribution in [-0.2, 0) is 6.54 Å². The lowest BCUT2D eigenvalue weighted by molar-refractivity contribution is 0.688. The van der Waals surface area contributed by atoms with Gasteiger partial charge in [-0.15, -0.1) is 21.5 Å². The molecule has 0 fully saturated rings. The van der Waals surface area contributed by atoms with Gasteiger partial charge in [0.25, 0.3) is 0 Å². The van der Waals surface area contributed by atoms with Crippen LogP contribution < -0.4 is 5.32 Å². The zero-order chi connectivity index (χ0) is 13.8. The fourth-order valence-corrected chi connectivity index (χ4v) is 3.52. The minimum atomic E-state index is 0.447. The van der Waals surface area contributed by atoms with Gasteiger partial charge < -0.3 is 5.32 Å². The summed E-state index contributed by atoms with van der Waals surface area (Å²) in [4.78, 5) is 1.37. The maximum absolute atomic E-state index is 4.24. The molecule has 3 rings (SSSR count). The van der Waals surface area contributed by atoms with Gasteiger partial charge in [0.05, 0.1) is 0 Å². The van der Waals surface area contributed by atoms with Crippen molar-refractivity contribution in [2.45, 2.75) is 23.9 Å². The highest BCUT2D eigenvalue weighted by Gasteiger charge is 2.10. The zero-order valence-electron chi connectivity index (χ0n) is 11.2. The second-order valence-electron chi connectivity index (χ2n) is 4.55. The molecule has 0 saturated heterocycles. The molecule has 0 spiro atoms. The molecule has 0 amide bonds. The first-order valence-electron chi connectivity index (χ1n) is 6.52. The van der Waals surface area contributed by atoms with Crippen LogP contribution in [0.1, 0.15) is 11.8 Å². The van der Waals surface area contributed by atoms with Gasteiger partial charge in [0.1, 0.15) is 0 Å². The highest BCUT2D eigenvalue weighted by molar-refractivity contribution is 7.99. The fraction of sp³-hybridized carbons (Fsp3) is 0.286. The molecule has 104 valence electrons. The molecule has 4 nitrogen and oxygen atoms in total. The molecule has 0 aliphatic heterocycles. The maximum Gasteiger partial charge on any atom is 0.195 e. The highest BCUT2D eigenvalue weighted by Crippen LogP contribution is 2.21. The van der Waals surface area contributed by atoms with E-state index in [2.05, 4.69) is 40.0 Å². The fourth-order valence-electron chi connectivity index (χ4n) is 1.93. The Kier molecular flexibility index (Phi) is 4.34. The van der Waals surface area contributed by atoms with Gasteiger partial charge in [0.2, 0.25) is 0 Å². The molecule has 20 heavy (non-hydrogen) atoms. The summed E-state index contributed by atoms with van der Waals surface area (Å²) in [6, 6.07) is 10.2. The van der Waals surface area contributed by atoms with Crippen molar-refractivity contribution in [1.29, 1.82) is 0 Å². The first kappa shape index (κ1) is 13.6. The van der Waals surface area contributed by atoms with Crippen LogP contribution in [-0.4, -0.2) is 26.4 Å². The molecule has 6 heteroatoms. The van der Waals surface area contributed by atoms with Crippen LogP contribution in [0.2, 0.25) is 0 Å². The van der Waals surface area contributed by atoms with Crippen molar-refractivity contribution in [3.63, 3.8) is 0 Å². The summed E-state index contributed by atoms with van der Waals surface area (Å²) in [6.45, 7) is 4.09. The number of fused-ring (bicyclic) bond motifs is 1. The molecular formula is C14H16N4S2. The summed E-state index contributed by atoms with van der Waals surface area (Å²) in [5, 5.41) is 15.4. The van der Waals surface area contributed by atoms with E-state index >= 15 is 0 Å². The van der Waals surface area contributed by atoms with Gasteiger partial charge in [-0.1, -0.05) is 30.8 Å². The van der Waals surface area contributed by atoms with Crippen molar-refractivity contribution in [3.8, 4) is 0 Å². The van der Waals surface area contributed by atoms with Gasteiger partial charge in [0.15, 0.2) is 10.8 Å². The van der Waals surface area contributed by atoms with E-state index < -0.39 is 0 Å². The number of rotatable bonds is 6. The number of thioether (sulfide) groups is 1. The second-order valence-corrected chi connectivity index (χ2v) is 6.99. The van der Waals surface area contributed by atoms with Crippen LogP contribution in [0.3, 0.4) is 0 Å². The van der Waals surface area contributed by atoms with Crippen molar-refractivity contribution in [2.24, 2.45) is 0 Å². The molecule has 0 aliphatic carbocycles.